The Kier molecular flexibility index (Phi) is 7.30. The van der Waals surface area contributed by atoms with Crippen molar-refractivity contribution in [3.8, 4) is 0 Å². The molecule has 0 radical (unpaired) electrons. The van der Waals surface area contributed by atoms with Gasteiger partial charge in [0.2, 0.25) is 0 Å². The van der Waals surface area contributed by atoms with Crippen molar-refractivity contribution in [2.45, 2.75) is 24.6 Å². The Bertz CT molecular complexity index is 1020. The maximum Gasteiger partial charge on any atom is 0.258 e. The Morgan fingerprint density at radius 2 is 1.80 bits per heavy atom. The number of aromatic nitrogens is 2. The normalized spacial score (nSPS) is 11.9. The molecule has 2 heterocycles. The number of hydrogen-bond acceptors (Lipinski definition) is 5. The van der Waals surface area contributed by atoms with Crippen molar-refractivity contribution in [3.05, 3.63) is 78.2 Å². The smallest absolute Gasteiger partial charge is 0.258 e. The number of anilines is 2. The average Bonchev–Trinajstić information content (AvgIpc) is 2.74. The zero-order chi connectivity index (χ0) is 21.5. The van der Waals surface area contributed by atoms with Crippen LogP contribution < -0.4 is 10.2 Å². The summed E-state index contributed by atoms with van der Waals surface area (Å²) in [5, 5.41) is 3.09. The third kappa shape index (κ3) is 5.51. The van der Waals surface area contributed by atoms with Crippen molar-refractivity contribution < 1.29 is 9.00 Å². The van der Waals surface area contributed by atoms with Crippen LogP contribution in [0.2, 0.25) is 0 Å². The van der Waals surface area contributed by atoms with Gasteiger partial charge in [-0.25, -0.2) is 4.98 Å². The van der Waals surface area contributed by atoms with Gasteiger partial charge in [0.25, 0.3) is 5.91 Å². The van der Waals surface area contributed by atoms with E-state index in [1.807, 2.05) is 31.3 Å². The molecule has 1 unspecified atom stereocenters. The molecule has 6 nitrogen and oxygen atoms in total. The largest absolute Gasteiger partial charge is 0.374 e. The van der Waals surface area contributed by atoms with E-state index in [1.165, 1.54) is 0 Å². The molecule has 0 bridgehead atoms. The van der Waals surface area contributed by atoms with E-state index in [0.717, 1.165) is 17.8 Å². The zero-order valence-corrected chi connectivity index (χ0v) is 18.2. The molecular formula is C23H26N4O2S. The van der Waals surface area contributed by atoms with E-state index < -0.39 is 10.8 Å². The van der Waals surface area contributed by atoms with Crippen LogP contribution in [0.1, 0.15) is 29.8 Å². The van der Waals surface area contributed by atoms with Gasteiger partial charge in [0.1, 0.15) is 5.03 Å². The minimum atomic E-state index is -1.47. The zero-order valence-electron chi connectivity index (χ0n) is 17.4. The van der Waals surface area contributed by atoms with E-state index in [-0.39, 0.29) is 16.7 Å². The van der Waals surface area contributed by atoms with Crippen LogP contribution in [0.4, 0.5) is 11.4 Å². The van der Waals surface area contributed by atoms with Crippen LogP contribution in [0.15, 0.2) is 72.1 Å². The van der Waals surface area contributed by atoms with Crippen molar-refractivity contribution in [2.24, 2.45) is 5.92 Å². The molecule has 1 N–H and O–H groups in total. The summed E-state index contributed by atoms with van der Waals surface area (Å²) >= 11 is 0. The first-order valence-electron chi connectivity index (χ1n) is 9.79. The van der Waals surface area contributed by atoms with Gasteiger partial charge in [-0.15, -0.1) is 0 Å². The molecule has 3 aromatic rings. The predicted octanol–water partition coefficient (Wildman–Crippen LogP) is 4.13. The van der Waals surface area contributed by atoms with Gasteiger partial charge in [-0.05, 0) is 41.8 Å². The fourth-order valence-electron chi connectivity index (χ4n) is 3.24. The van der Waals surface area contributed by atoms with Crippen LogP contribution in [0.3, 0.4) is 0 Å². The van der Waals surface area contributed by atoms with Gasteiger partial charge in [0.05, 0.1) is 22.1 Å². The third-order valence-corrected chi connectivity index (χ3v) is 5.83. The summed E-state index contributed by atoms with van der Waals surface area (Å²) in [6.45, 7) is 5.23. The maximum absolute atomic E-state index is 13.2. The van der Waals surface area contributed by atoms with E-state index in [4.69, 9.17) is 0 Å². The molecule has 2 aromatic heterocycles. The minimum absolute atomic E-state index is 0.283. The number of amides is 1. The van der Waals surface area contributed by atoms with Crippen molar-refractivity contribution in [2.75, 3.05) is 23.8 Å². The highest BCUT2D eigenvalue weighted by Gasteiger charge is 2.19. The van der Waals surface area contributed by atoms with Crippen LogP contribution in [0.5, 0.6) is 0 Å². The number of nitrogens with one attached hydrogen (secondary N) is 1. The number of pyridine rings is 2. The van der Waals surface area contributed by atoms with Crippen LogP contribution in [0, 0.1) is 5.92 Å². The molecule has 1 aromatic carbocycles. The second-order valence-corrected chi connectivity index (χ2v) is 8.81. The Morgan fingerprint density at radius 3 is 2.53 bits per heavy atom. The fraction of sp³-hybridized carbons (Fsp3) is 0.261. The highest BCUT2D eigenvalue weighted by Crippen LogP contribution is 2.24. The monoisotopic (exact) mass is 422 g/mol. The van der Waals surface area contributed by atoms with Crippen molar-refractivity contribution in [3.63, 3.8) is 0 Å². The summed E-state index contributed by atoms with van der Waals surface area (Å²) < 4.78 is 13.2. The van der Waals surface area contributed by atoms with Gasteiger partial charge in [0.15, 0.2) is 0 Å². The molecule has 0 aliphatic heterocycles. The molecule has 1 atom stereocenters. The maximum atomic E-state index is 13.2. The molecule has 156 valence electrons. The molecule has 1 amide bonds. The van der Waals surface area contributed by atoms with E-state index in [1.54, 1.807) is 42.9 Å². The standard InChI is InChI=1S/C23H26N4O2S/c1-17(2)15-27(3)21-9-5-4-7-18(21)16-30(29)23-20(8-6-12-25-23)22(28)26-19-10-13-24-14-11-19/h4-14,17H,15-16H2,1-3H3,(H,24,26,28). The first kappa shape index (κ1) is 21.6. The van der Waals surface area contributed by atoms with Gasteiger partial charge >= 0.3 is 0 Å². The lowest BCUT2D eigenvalue weighted by Gasteiger charge is -2.24. The van der Waals surface area contributed by atoms with Crippen LogP contribution in [-0.2, 0) is 16.6 Å². The second-order valence-electron chi connectivity index (χ2n) is 7.44. The molecule has 30 heavy (non-hydrogen) atoms. The van der Waals surface area contributed by atoms with Crippen molar-refractivity contribution in [1.82, 2.24) is 9.97 Å². The van der Waals surface area contributed by atoms with Gasteiger partial charge in [0, 0.05) is 43.6 Å². The molecule has 3 rings (SSSR count). The topological polar surface area (TPSA) is 75.2 Å². The number of rotatable bonds is 8. The van der Waals surface area contributed by atoms with Crippen molar-refractivity contribution in [1.29, 1.82) is 0 Å². The summed E-state index contributed by atoms with van der Waals surface area (Å²) in [6, 6.07) is 14.6. The van der Waals surface area contributed by atoms with Crippen molar-refractivity contribution >= 4 is 28.1 Å². The number of nitrogens with zero attached hydrogens (tertiary/aromatic N) is 3. The summed E-state index contributed by atoms with van der Waals surface area (Å²) in [6.07, 6.45) is 4.76. The van der Waals surface area contributed by atoms with E-state index in [2.05, 4.69) is 34.0 Å². The number of carbonyl (C=O) groups is 1. The van der Waals surface area contributed by atoms with E-state index in [9.17, 15) is 9.00 Å². The number of hydrogen-bond donors (Lipinski definition) is 1. The molecule has 7 heteroatoms. The van der Waals surface area contributed by atoms with E-state index >= 15 is 0 Å². The molecule has 0 aliphatic rings. The molecule has 0 spiro atoms. The highest BCUT2D eigenvalue weighted by atomic mass is 32.2. The summed E-state index contributed by atoms with van der Waals surface area (Å²) in [5.74, 6) is 0.446. The van der Waals surface area contributed by atoms with Gasteiger partial charge < -0.3 is 10.2 Å². The number of para-hydroxylation sites is 1. The molecule has 0 saturated carbocycles. The molecule has 0 fully saturated rings. The Labute approximate surface area is 179 Å². The van der Waals surface area contributed by atoms with Crippen LogP contribution >= 0.6 is 0 Å². The van der Waals surface area contributed by atoms with E-state index in [0.29, 0.717) is 17.2 Å². The molecule has 0 saturated heterocycles. The summed E-state index contributed by atoms with van der Waals surface area (Å²) in [5.41, 5.74) is 2.93. The Hall–Kier alpha value is -3.06. The van der Waals surface area contributed by atoms with Crippen LogP contribution in [-0.4, -0.2) is 33.7 Å². The Balaban J connectivity index is 1.83. The SMILES string of the molecule is CC(C)CN(C)c1ccccc1CS(=O)c1ncccc1C(=O)Nc1ccncc1. The fourth-order valence-corrected chi connectivity index (χ4v) is 4.49. The van der Waals surface area contributed by atoms with Gasteiger partial charge in [-0.2, -0.15) is 0 Å². The number of carbonyl (C=O) groups excluding carboxylic acids is 1. The predicted molar refractivity (Wildman–Crippen MR) is 121 cm³/mol. The van der Waals surface area contributed by atoms with Gasteiger partial charge in [-0.1, -0.05) is 32.0 Å². The Morgan fingerprint density at radius 1 is 1.07 bits per heavy atom. The summed E-state index contributed by atoms with van der Waals surface area (Å²) in [7, 11) is 0.563. The summed E-state index contributed by atoms with van der Waals surface area (Å²) in [4.78, 5) is 23.2. The highest BCUT2D eigenvalue weighted by molar-refractivity contribution is 7.84. The molecule has 0 aliphatic carbocycles. The van der Waals surface area contributed by atoms with Crippen LogP contribution in [0.25, 0.3) is 0 Å². The first-order valence-corrected chi connectivity index (χ1v) is 11.1. The first-order chi connectivity index (χ1) is 14.5. The lowest BCUT2D eigenvalue weighted by molar-refractivity contribution is 0.102. The lowest BCUT2D eigenvalue weighted by Crippen LogP contribution is -2.24. The minimum Gasteiger partial charge on any atom is -0.374 e. The number of benzene rings is 1. The second kappa shape index (κ2) is 10.1. The lowest BCUT2D eigenvalue weighted by atomic mass is 10.1. The quantitative estimate of drug-likeness (QED) is 0.591. The third-order valence-electron chi connectivity index (χ3n) is 4.50. The van der Waals surface area contributed by atoms with Gasteiger partial charge in [-0.3, -0.25) is 14.0 Å². The molecular weight excluding hydrogens is 396 g/mol. The average molecular weight is 423 g/mol.